The molecule has 1 amide bonds. The number of para-hydroxylation sites is 1. The van der Waals surface area contributed by atoms with E-state index in [1.165, 1.54) is 0 Å². The van der Waals surface area contributed by atoms with Crippen molar-refractivity contribution in [1.82, 2.24) is 0 Å². The summed E-state index contributed by atoms with van der Waals surface area (Å²) in [6.45, 7) is 4.27. The number of anilines is 1. The second-order valence-electron chi connectivity index (χ2n) is 5.29. The summed E-state index contributed by atoms with van der Waals surface area (Å²) in [5.41, 5.74) is 4.54. The molecule has 0 saturated carbocycles. The van der Waals surface area contributed by atoms with E-state index < -0.39 is 0 Å². The van der Waals surface area contributed by atoms with Gasteiger partial charge in [-0.2, -0.15) is 0 Å². The van der Waals surface area contributed by atoms with Gasteiger partial charge in [0.15, 0.2) is 0 Å². The zero-order valence-corrected chi connectivity index (χ0v) is 12.8. The van der Waals surface area contributed by atoms with Crippen LogP contribution in [0.25, 0.3) is 0 Å². The molecular formula is C20H17NO. The van der Waals surface area contributed by atoms with Crippen LogP contribution in [0.1, 0.15) is 30.5 Å². The van der Waals surface area contributed by atoms with Crippen molar-refractivity contribution in [2.75, 3.05) is 4.90 Å². The molecule has 0 N–H and O–H groups in total. The summed E-state index contributed by atoms with van der Waals surface area (Å²) in [5, 5.41) is 0. The van der Waals surface area contributed by atoms with Gasteiger partial charge >= 0.3 is 0 Å². The first kappa shape index (κ1) is 14.2. The lowest BCUT2D eigenvalue weighted by molar-refractivity contribution is -0.115. The Hall–Kier alpha value is -2.79. The van der Waals surface area contributed by atoms with Gasteiger partial charge in [0.1, 0.15) is 0 Å². The maximum absolute atomic E-state index is 12.8. The molecule has 2 aromatic carbocycles. The molecule has 0 bridgehead atoms. The summed E-state index contributed by atoms with van der Waals surface area (Å²) in [6.07, 6.45) is 1.85. The van der Waals surface area contributed by atoms with Crippen LogP contribution in [0.5, 0.6) is 0 Å². The van der Waals surface area contributed by atoms with Gasteiger partial charge in [0, 0.05) is 16.7 Å². The van der Waals surface area contributed by atoms with E-state index in [0.717, 1.165) is 28.0 Å². The second kappa shape index (κ2) is 5.91. The predicted octanol–water partition coefficient (Wildman–Crippen LogP) is 3.90. The number of hydrogen-bond donors (Lipinski definition) is 0. The summed E-state index contributed by atoms with van der Waals surface area (Å²) < 4.78 is 0. The Morgan fingerprint density at radius 1 is 1.05 bits per heavy atom. The van der Waals surface area contributed by atoms with Gasteiger partial charge in [-0.05, 0) is 37.6 Å². The lowest BCUT2D eigenvalue weighted by atomic mass is 10.0. The monoisotopic (exact) mass is 287 g/mol. The van der Waals surface area contributed by atoms with Crippen molar-refractivity contribution in [1.29, 1.82) is 0 Å². The first-order valence-electron chi connectivity index (χ1n) is 7.34. The van der Waals surface area contributed by atoms with Crippen LogP contribution in [0, 0.1) is 11.8 Å². The quantitative estimate of drug-likeness (QED) is 0.575. The zero-order chi connectivity index (χ0) is 15.5. The Labute approximate surface area is 131 Å². The fourth-order valence-electron chi connectivity index (χ4n) is 2.50. The Bertz CT molecular complexity index is 821. The molecule has 0 atom stereocenters. The van der Waals surface area contributed by atoms with Crippen molar-refractivity contribution in [3.05, 3.63) is 76.9 Å². The highest BCUT2D eigenvalue weighted by atomic mass is 16.2. The fourth-order valence-corrected chi connectivity index (χ4v) is 2.50. The molecule has 0 spiro atoms. The molecular weight excluding hydrogens is 270 g/mol. The Balaban J connectivity index is 2.19. The SMILES string of the molecule is CC=C(C)C(=O)N1Cc2ccccc2C#Cc2ccccc21. The Morgan fingerprint density at radius 3 is 2.45 bits per heavy atom. The smallest absolute Gasteiger partial charge is 0.253 e. The number of nitrogens with zero attached hydrogens (tertiary/aromatic N) is 1. The van der Waals surface area contributed by atoms with Crippen LogP contribution in [-0.4, -0.2) is 5.91 Å². The van der Waals surface area contributed by atoms with Gasteiger partial charge in [0.2, 0.25) is 0 Å². The van der Waals surface area contributed by atoms with Crippen LogP contribution in [0.15, 0.2) is 60.2 Å². The normalized spacial score (nSPS) is 13.2. The van der Waals surface area contributed by atoms with Crippen molar-refractivity contribution in [2.24, 2.45) is 0 Å². The van der Waals surface area contributed by atoms with Gasteiger partial charge < -0.3 is 4.90 Å². The van der Waals surface area contributed by atoms with Gasteiger partial charge in [-0.1, -0.05) is 48.2 Å². The van der Waals surface area contributed by atoms with Crippen LogP contribution in [-0.2, 0) is 11.3 Å². The molecule has 0 fully saturated rings. The Morgan fingerprint density at radius 2 is 1.68 bits per heavy atom. The summed E-state index contributed by atoms with van der Waals surface area (Å²) in [5.74, 6) is 6.44. The van der Waals surface area contributed by atoms with Gasteiger partial charge in [-0.15, -0.1) is 0 Å². The molecule has 2 aromatic rings. The third-order valence-corrected chi connectivity index (χ3v) is 3.89. The predicted molar refractivity (Wildman–Crippen MR) is 89.5 cm³/mol. The molecule has 2 heteroatoms. The molecule has 1 aliphatic rings. The van der Waals surface area contributed by atoms with E-state index in [-0.39, 0.29) is 5.91 Å². The van der Waals surface area contributed by atoms with Gasteiger partial charge in [0.25, 0.3) is 5.91 Å². The summed E-state index contributed by atoms with van der Waals surface area (Å²) in [6, 6.07) is 15.8. The fraction of sp³-hybridized carbons (Fsp3) is 0.150. The molecule has 0 unspecified atom stereocenters. The maximum Gasteiger partial charge on any atom is 0.253 e. The summed E-state index contributed by atoms with van der Waals surface area (Å²) in [7, 11) is 0. The third kappa shape index (κ3) is 2.54. The molecule has 2 nitrogen and oxygen atoms in total. The first-order valence-corrected chi connectivity index (χ1v) is 7.34. The molecule has 0 saturated heterocycles. The highest BCUT2D eigenvalue weighted by molar-refractivity contribution is 6.06. The topological polar surface area (TPSA) is 20.3 Å². The van der Waals surface area contributed by atoms with E-state index in [9.17, 15) is 4.79 Å². The maximum atomic E-state index is 12.8. The van der Waals surface area contributed by atoms with Gasteiger partial charge in [0.05, 0.1) is 12.2 Å². The number of amides is 1. The van der Waals surface area contributed by atoms with Crippen LogP contribution in [0.3, 0.4) is 0 Å². The number of fused-ring (bicyclic) bond motifs is 2. The average molecular weight is 287 g/mol. The highest BCUT2D eigenvalue weighted by Gasteiger charge is 2.21. The minimum Gasteiger partial charge on any atom is -0.303 e. The largest absolute Gasteiger partial charge is 0.303 e. The average Bonchev–Trinajstić information content (AvgIpc) is 2.55. The molecule has 0 aliphatic carbocycles. The summed E-state index contributed by atoms with van der Waals surface area (Å²) in [4.78, 5) is 14.6. The molecule has 108 valence electrons. The van der Waals surface area contributed by atoms with Crippen molar-refractivity contribution < 1.29 is 4.79 Å². The molecule has 0 aromatic heterocycles. The first-order chi connectivity index (χ1) is 10.7. The van der Waals surface area contributed by atoms with Crippen molar-refractivity contribution in [3.8, 4) is 11.8 Å². The van der Waals surface area contributed by atoms with Crippen LogP contribution >= 0.6 is 0 Å². The van der Waals surface area contributed by atoms with Crippen LogP contribution in [0.2, 0.25) is 0 Å². The van der Waals surface area contributed by atoms with Crippen molar-refractivity contribution >= 4 is 11.6 Å². The number of carbonyl (C=O) groups is 1. The zero-order valence-electron chi connectivity index (χ0n) is 12.8. The molecule has 22 heavy (non-hydrogen) atoms. The molecule has 1 aliphatic heterocycles. The van der Waals surface area contributed by atoms with Crippen LogP contribution < -0.4 is 4.90 Å². The van der Waals surface area contributed by atoms with E-state index in [2.05, 4.69) is 11.8 Å². The van der Waals surface area contributed by atoms with E-state index in [0.29, 0.717) is 6.54 Å². The van der Waals surface area contributed by atoms with Crippen molar-refractivity contribution in [2.45, 2.75) is 20.4 Å². The van der Waals surface area contributed by atoms with Gasteiger partial charge in [-0.3, -0.25) is 4.79 Å². The number of hydrogen-bond acceptors (Lipinski definition) is 1. The van der Waals surface area contributed by atoms with E-state index >= 15 is 0 Å². The summed E-state index contributed by atoms with van der Waals surface area (Å²) >= 11 is 0. The third-order valence-electron chi connectivity index (χ3n) is 3.89. The lowest BCUT2D eigenvalue weighted by Gasteiger charge is -2.26. The van der Waals surface area contributed by atoms with Gasteiger partial charge in [-0.25, -0.2) is 0 Å². The molecule has 3 rings (SSSR count). The number of allylic oxidation sites excluding steroid dienone is 1. The van der Waals surface area contributed by atoms with Crippen LogP contribution in [0.4, 0.5) is 5.69 Å². The number of benzene rings is 2. The van der Waals surface area contributed by atoms with E-state index in [1.807, 2.05) is 73.4 Å². The second-order valence-corrected chi connectivity index (χ2v) is 5.29. The Kier molecular flexibility index (Phi) is 3.80. The van der Waals surface area contributed by atoms with Crippen molar-refractivity contribution in [3.63, 3.8) is 0 Å². The van der Waals surface area contributed by atoms with E-state index in [4.69, 9.17) is 0 Å². The number of carbonyl (C=O) groups excluding carboxylic acids is 1. The molecule has 0 radical (unpaired) electrons. The highest BCUT2D eigenvalue weighted by Crippen LogP contribution is 2.26. The standard InChI is InChI=1S/C20H17NO/c1-3-15(2)20(22)21-14-18-10-5-4-8-16(18)12-13-17-9-6-7-11-19(17)21/h3-11H,14H2,1-2H3. The van der Waals surface area contributed by atoms with E-state index in [1.54, 1.807) is 0 Å². The molecule has 1 heterocycles. The number of rotatable bonds is 1. The minimum absolute atomic E-state index is 0.0217. The minimum atomic E-state index is 0.0217. The lowest BCUT2D eigenvalue weighted by Crippen LogP contribution is -2.32.